The van der Waals surface area contributed by atoms with E-state index in [0.29, 0.717) is 6.42 Å². The van der Waals surface area contributed by atoms with E-state index in [9.17, 15) is 15.3 Å². The molecule has 0 aromatic carbocycles. The molecule has 0 radical (unpaired) electrons. The molecule has 94 valence electrons. The first-order valence-corrected chi connectivity index (χ1v) is 5.37. The van der Waals surface area contributed by atoms with Crippen LogP contribution in [0.15, 0.2) is 12.7 Å². The Labute approximate surface area is 95.0 Å². The smallest absolute Gasteiger partial charge is 0.111 e. The Kier molecular flexibility index (Phi) is 4.46. The molecule has 5 heteroatoms. The first-order valence-electron chi connectivity index (χ1n) is 5.37. The highest BCUT2D eigenvalue weighted by atomic mass is 16.6. The summed E-state index contributed by atoms with van der Waals surface area (Å²) in [5, 5.41) is 38.0. The van der Waals surface area contributed by atoms with Gasteiger partial charge < -0.3 is 25.2 Å². The van der Waals surface area contributed by atoms with E-state index in [1.54, 1.807) is 13.0 Å². The summed E-state index contributed by atoms with van der Waals surface area (Å²) in [6.45, 7) is 4.80. The van der Waals surface area contributed by atoms with Crippen LogP contribution in [0.2, 0.25) is 0 Å². The van der Waals surface area contributed by atoms with Gasteiger partial charge in [0.2, 0.25) is 0 Å². The Balaban J connectivity index is 2.59. The maximum absolute atomic E-state index is 9.93. The molecule has 0 amide bonds. The molecule has 1 fully saturated rings. The maximum Gasteiger partial charge on any atom is 0.111 e. The number of rotatable bonds is 5. The molecule has 5 nitrogen and oxygen atoms in total. The first kappa shape index (κ1) is 13.6. The molecule has 1 saturated heterocycles. The van der Waals surface area contributed by atoms with Crippen molar-refractivity contribution in [3.05, 3.63) is 12.7 Å². The van der Waals surface area contributed by atoms with Crippen LogP contribution in [-0.4, -0.2) is 57.0 Å². The van der Waals surface area contributed by atoms with Gasteiger partial charge in [-0.2, -0.15) is 0 Å². The van der Waals surface area contributed by atoms with Crippen LogP contribution in [-0.2, 0) is 4.74 Å². The average molecular weight is 232 g/mol. The summed E-state index contributed by atoms with van der Waals surface area (Å²) in [6, 6.07) is 0. The van der Waals surface area contributed by atoms with Crippen LogP contribution in [0.3, 0.4) is 0 Å². The van der Waals surface area contributed by atoms with Crippen LogP contribution in [0.1, 0.15) is 19.8 Å². The summed E-state index contributed by atoms with van der Waals surface area (Å²) < 4.78 is 5.27. The van der Waals surface area contributed by atoms with Gasteiger partial charge in [-0.15, -0.1) is 6.58 Å². The van der Waals surface area contributed by atoms with Gasteiger partial charge in [0.25, 0.3) is 0 Å². The second-order valence-corrected chi connectivity index (χ2v) is 4.57. The molecule has 0 saturated carbocycles. The van der Waals surface area contributed by atoms with Crippen molar-refractivity contribution >= 4 is 0 Å². The van der Waals surface area contributed by atoms with Crippen molar-refractivity contribution in [1.29, 1.82) is 0 Å². The predicted octanol–water partition coefficient (Wildman–Crippen LogP) is -0.815. The standard InChI is InChI=1S/C11H20O5/c1-3-4-11(2,15)5-7-9(13)10(14)8(6-12)16-7/h3,7-10,12-15H,1,4-6H2,2H3/t7-,8+,9+,10+,11?/m0/s1. The minimum absolute atomic E-state index is 0.188. The van der Waals surface area contributed by atoms with E-state index in [2.05, 4.69) is 6.58 Å². The van der Waals surface area contributed by atoms with Crippen LogP contribution in [0.4, 0.5) is 0 Å². The molecule has 0 spiro atoms. The zero-order valence-electron chi connectivity index (χ0n) is 9.41. The summed E-state index contributed by atoms with van der Waals surface area (Å²) in [6.07, 6.45) is -1.47. The number of aliphatic hydroxyl groups is 4. The third kappa shape index (κ3) is 3.02. The van der Waals surface area contributed by atoms with E-state index < -0.39 is 30.0 Å². The van der Waals surface area contributed by atoms with E-state index >= 15 is 0 Å². The molecular weight excluding hydrogens is 212 g/mol. The predicted molar refractivity (Wildman–Crippen MR) is 57.8 cm³/mol. The molecule has 4 N–H and O–H groups in total. The Morgan fingerprint density at radius 3 is 2.31 bits per heavy atom. The quantitative estimate of drug-likeness (QED) is 0.465. The Morgan fingerprint density at radius 1 is 1.31 bits per heavy atom. The van der Waals surface area contributed by atoms with Crippen LogP contribution in [0, 0.1) is 0 Å². The van der Waals surface area contributed by atoms with Crippen molar-refractivity contribution in [2.45, 2.75) is 49.8 Å². The summed E-state index contributed by atoms with van der Waals surface area (Å²) in [4.78, 5) is 0. The topological polar surface area (TPSA) is 90.2 Å². The minimum atomic E-state index is -1.10. The van der Waals surface area contributed by atoms with Gasteiger partial charge in [-0.25, -0.2) is 0 Å². The fraction of sp³-hybridized carbons (Fsp3) is 0.818. The fourth-order valence-corrected chi connectivity index (χ4v) is 1.97. The molecule has 1 aliphatic heterocycles. The molecule has 1 heterocycles. The fourth-order valence-electron chi connectivity index (χ4n) is 1.97. The monoisotopic (exact) mass is 232 g/mol. The van der Waals surface area contributed by atoms with Gasteiger partial charge in [0.15, 0.2) is 0 Å². The minimum Gasteiger partial charge on any atom is -0.394 e. The molecule has 0 aromatic rings. The first-order chi connectivity index (χ1) is 7.41. The van der Waals surface area contributed by atoms with E-state index in [1.807, 2.05) is 0 Å². The third-order valence-corrected chi connectivity index (χ3v) is 2.87. The molecule has 1 rings (SSSR count). The molecule has 5 atom stereocenters. The molecule has 16 heavy (non-hydrogen) atoms. The lowest BCUT2D eigenvalue weighted by atomic mass is 9.92. The second kappa shape index (κ2) is 5.25. The summed E-state index contributed by atoms with van der Waals surface area (Å²) in [5.74, 6) is 0. The lowest BCUT2D eigenvalue weighted by Crippen LogP contribution is -2.37. The van der Waals surface area contributed by atoms with E-state index in [1.165, 1.54) is 0 Å². The largest absolute Gasteiger partial charge is 0.394 e. The van der Waals surface area contributed by atoms with Crippen molar-refractivity contribution < 1.29 is 25.2 Å². The average Bonchev–Trinajstić information content (AvgIpc) is 2.45. The van der Waals surface area contributed by atoms with Gasteiger partial charge in [0.05, 0.1) is 18.3 Å². The molecule has 1 unspecified atom stereocenters. The van der Waals surface area contributed by atoms with Crippen molar-refractivity contribution in [1.82, 2.24) is 0 Å². The van der Waals surface area contributed by atoms with Gasteiger partial charge in [-0.05, 0) is 13.3 Å². The van der Waals surface area contributed by atoms with Gasteiger partial charge in [-0.1, -0.05) is 6.08 Å². The molecule has 1 aliphatic rings. The van der Waals surface area contributed by atoms with E-state index in [4.69, 9.17) is 9.84 Å². The third-order valence-electron chi connectivity index (χ3n) is 2.87. The van der Waals surface area contributed by atoms with Crippen molar-refractivity contribution in [3.8, 4) is 0 Å². The van der Waals surface area contributed by atoms with Gasteiger partial charge in [0.1, 0.15) is 18.3 Å². The SMILES string of the molecule is C=CCC(C)(O)C[C@@H]1O[C@H](CO)[C@@H](O)[C@@H]1O. The van der Waals surface area contributed by atoms with Crippen LogP contribution < -0.4 is 0 Å². The highest BCUT2D eigenvalue weighted by Gasteiger charge is 2.44. The van der Waals surface area contributed by atoms with Crippen molar-refractivity contribution in [2.24, 2.45) is 0 Å². The molecule has 0 aliphatic carbocycles. The number of hydrogen-bond acceptors (Lipinski definition) is 5. The van der Waals surface area contributed by atoms with Crippen LogP contribution in [0.5, 0.6) is 0 Å². The normalized spacial score (nSPS) is 38.3. The van der Waals surface area contributed by atoms with Crippen LogP contribution in [0.25, 0.3) is 0 Å². The zero-order chi connectivity index (χ0) is 12.3. The Bertz CT molecular complexity index is 241. The van der Waals surface area contributed by atoms with Crippen molar-refractivity contribution in [2.75, 3.05) is 6.61 Å². The highest BCUT2D eigenvalue weighted by Crippen LogP contribution is 2.28. The second-order valence-electron chi connectivity index (χ2n) is 4.57. The number of hydrogen-bond donors (Lipinski definition) is 4. The van der Waals surface area contributed by atoms with Crippen LogP contribution >= 0.6 is 0 Å². The molecule has 0 aromatic heterocycles. The Morgan fingerprint density at radius 2 is 1.88 bits per heavy atom. The molecule has 0 bridgehead atoms. The van der Waals surface area contributed by atoms with E-state index in [0.717, 1.165) is 0 Å². The lowest BCUT2D eigenvalue weighted by molar-refractivity contribution is -0.0602. The van der Waals surface area contributed by atoms with E-state index in [-0.39, 0.29) is 13.0 Å². The van der Waals surface area contributed by atoms with Crippen molar-refractivity contribution in [3.63, 3.8) is 0 Å². The molecular formula is C11H20O5. The maximum atomic E-state index is 9.93. The summed E-state index contributed by atoms with van der Waals surface area (Å²) >= 11 is 0. The van der Waals surface area contributed by atoms with Gasteiger partial charge in [0, 0.05) is 6.42 Å². The Hall–Kier alpha value is -0.460. The lowest BCUT2D eigenvalue weighted by Gasteiger charge is -2.26. The highest BCUT2D eigenvalue weighted by molar-refractivity contribution is 4.95. The zero-order valence-corrected chi connectivity index (χ0v) is 9.41. The summed E-state index contributed by atoms with van der Waals surface area (Å²) in [5.41, 5.74) is -1.03. The number of ether oxygens (including phenoxy) is 1. The summed E-state index contributed by atoms with van der Waals surface area (Å²) in [7, 11) is 0. The van der Waals surface area contributed by atoms with Gasteiger partial charge in [-0.3, -0.25) is 0 Å². The number of aliphatic hydroxyl groups excluding tert-OH is 3. The van der Waals surface area contributed by atoms with Gasteiger partial charge >= 0.3 is 0 Å².